The van der Waals surface area contributed by atoms with Crippen LogP contribution in [0.1, 0.15) is 45.0 Å². The molecule has 2 aromatic heterocycles. The summed E-state index contributed by atoms with van der Waals surface area (Å²) >= 11 is 0. The second kappa shape index (κ2) is 8.22. The van der Waals surface area contributed by atoms with Crippen LogP contribution in [0, 0.1) is 5.82 Å². The summed E-state index contributed by atoms with van der Waals surface area (Å²) in [6, 6.07) is 1.32. The zero-order chi connectivity index (χ0) is 18.7. The summed E-state index contributed by atoms with van der Waals surface area (Å²) in [5.41, 5.74) is 0.136. The van der Waals surface area contributed by atoms with Crippen molar-refractivity contribution in [3.05, 3.63) is 34.3 Å². The maximum absolute atomic E-state index is 13.6. The van der Waals surface area contributed by atoms with Gasteiger partial charge >= 0.3 is 0 Å². The van der Waals surface area contributed by atoms with Gasteiger partial charge in [0.15, 0.2) is 5.65 Å². The molecule has 3 heterocycles. The summed E-state index contributed by atoms with van der Waals surface area (Å²) in [7, 11) is 2.15. The Bertz CT molecular complexity index is 821. The van der Waals surface area contributed by atoms with Gasteiger partial charge in [-0.15, -0.1) is 0 Å². The molecule has 6 nitrogen and oxygen atoms in total. The molecular formula is C19H28FN5O. The number of halogens is 1. The topological polar surface area (TPSA) is 54.3 Å². The van der Waals surface area contributed by atoms with E-state index in [1.807, 2.05) is 6.92 Å². The van der Waals surface area contributed by atoms with Gasteiger partial charge in [0.2, 0.25) is 0 Å². The Balaban J connectivity index is 2.09. The molecule has 1 saturated heterocycles. The van der Waals surface area contributed by atoms with E-state index >= 15 is 0 Å². The SMILES string of the molecule is CCCC(c1nc2ncc(F)cc2c(=O)n1CC)N1CCCN(C)CC1. The molecule has 7 heteroatoms. The first-order valence-corrected chi connectivity index (χ1v) is 9.53. The van der Waals surface area contributed by atoms with Crippen LogP contribution in [0.3, 0.4) is 0 Å². The van der Waals surface area contributed by atoms with Crippen LogP contribution in [-0.2, 0) is 6.54 Å². The quantitative estimate of drug-likeness (QED) is 0.819. The molecule has 0 spiro atoms. The Labute approximate surface area is 153 Å². The fraction of sp³-hybridized carbons (Fsp3) is 0.632. The summed E-state index contributed by atoms with van der Waals surface area (Å²) in [5.74, 6) is 0.253. The third-order valence-corrected chi connectivity index (χ3v) is 5.18. The molecular weight excluding hydrogens is 333 g/mol. The molecule has 0 bridgehead atoms. The second-order valence-corrected chi connectivity index (χ2v) is 7.04. The van der Waals surface area contributed by atoms with E-state index in [9.17, 15) is 9.18 Å². The summed E-state index contributed by atoms with van der Waals surface area (Å²) in [5, 5.41) is 0.251. The Kier molecular flexibility index (Phi) is 5.98. The first kappa shape index (κ1) is 18.9. The maximum Gasteiger partial charge on any atom is 0.263 e. The van der Waals surface area contributed by atoms with Crippen LogP contribution >= 0.6 is 0 Å². The summed E-state index contributed by atoms with van der Waals surface area (Å²) in [6.45, 7) is 8.64. The first-order chi connectivity index (χ1) is 12.5. The van der Waals surface area contributed by atoms with E-state index in [1.54, 1.807) is 4.57 Å². The van der Waals surface area contributed by atoms with Crippen LogP contribution in [0.2, 0.25) is 0 Å². The van der Waals surface area contributed by atoms with Gasteiger partial charge in [-0.1, -0.05) is 13.3 Å². The summed E-state index contributed by atoms with van der Waals surface area (Å²) < 4.78 is 15.2. The third-order valence-electron chi connectivity index (χ3n) is 5.18. The van der Waals surface area contributed by atoms with Crippen LogP contribution in [0.5, 0.6) is 0 Å². The van der Waals surface area contributed by atoms with E-state index in [2.05, 4.69) is 28.8 Å². The number of rotatable bonds is 5. The number of aromatic nitrogens is 3. The lowest BCUT2D eigenvalue weighted by Crippen LogP contribution is -2.37. The minimum Gasteiger partial charge on any atom is -0.305 e. The standard InChI is InChI=1S/C19H28FN5O/c1-4-7-16(24-9-6-8-23(3)10-11-24)18-22-17-15(12-14(20)13-21-17)19(26)25(18)5-2/h12-13,16H,4-11H2,1-3H3. The van der Waals surface area contributed by atoms with Gasteiger partial charge in [0.25, 0.3) is 5.56 Å². The van der Waals surface area contributed by atoms with Gasteiger partial charge in [0.1, 0.15) is 11.6 Å². The fourth-order valence-corrected chi connectivity index (χ4v) is 3.78. The van der Waals surface area contributed by atoms with Crippen molar-refractivity contribution in [1.82, 2.24) is 24.3 Å². The smallest absolute Gasteiger partial charge is 0.263 e. The monoisotopic (exact) mass is 361 g/mol. The first-order valence-electron chi connectivity index (χ1n) is 9.53. The molecule has 0 amide bonds. The van der Waals surface area contributed by atoms with E-state index < -0.39 is 5.82 Å². The van der Waals surface area contributed by atoms with Gasteiger partial charge < -0.3 is 4.90 Å². The van der Waals surface area contributed by atoms with E-state index in [1.165, 1.54) is 6.07 Å². The van der Waals surface area contributed by atoms with Crippen molar-refractivity contribution in [2.24, 2.45) is 0 Å². The lowest BCUT2D eigenvalue weighted by Gasteiger charge is -2.31. The predicted molar refractivity (Wildman–Crippen MR) is 101 cm³/mol. The molecule has 3 rings (SSSR count). The van der Waals surface area contributed by atoms with Crippen molar-refractivity contribution in [1.29, 1.82) is 0 Å². The van der Waals surface area contributed by atoms with Gasteiger partial charge in [0.05, 0.1) is 17.6 Å². The lowest BCUT2D eigenvalue weighted by atomic mass is 10.1. The number of fused-ring (bicyclic) bond motifs is 1. The Morgan fingerprint density at radius 1 is 1.23 bits per heavy atom. The van der Waals surface area contributed by atoms with Crippen molar-refractivity contribution in [3.8, 4) is 0 Å². The highest BCUT2D eigenvalue weighted by atomic mass is 19.1. The minimum absolute atomic E-state index is 0.0791. The largest absolute Gasteiger partial charge is 0.305 e. The van der Waals surface area contributed by atoms with Gasteiger partial charge in [-0.25, -0.2) is 14.4 Å². The fourth-order valence-electron chi connectivity index (χ4n) is 3.78. The Hall–Kier alpha value is -1.86. The molecule has 0 saturated carbocycles. The molecule has 0 N–H and O–H groups in total. The Morgan fingerprint density at radius 2 is 2.04 bits per heavy atom. The predicted octanol–water partition coefficient (Wildman–Crippen LogP) is 2.43. The minimum atomic E-state index is -0.507. The molecule has 0 radical (unpaired) electrons. The molecule has 1 unspecified atom stereocenters. The highest BCUT2D eigenvalue weighted by molar-refractivity contribution is 5.73. The van der Waals surface area contributed by atoms with E-state index in [0.29, 0.717) is 12.2 Å². The highest BCUT2D eigenvalue weighted by Gasteiger charge is 2.26. The molecule has 142 valence electrons. The maximum atomic E-state index is 13.6. The van der Waals surface area contributed by atoms with Crippen molar-refractivity contribution < 1.29 is 4.39 Å². The number of hydrogen-bond acceptors (Lipinski definition) is 5. The molecule has 0 aliphatic carbocycles. The van der Waals surface area contributed by atoms with Crippen molar-refractivity contribution in [3.63, 3.8) is 0 Å². The second-order valence-electron chi connectivity index (χ2n) is 7.04. The van der Waals surface area contributed by atoms with Crippen molar-refractivity contribution in [2.45, 2.75) is 45.7 Å². The molecule has 1 fully saturated rings. The number of nitrogens with zero attached hydrogens (tertiary/aromatic N) is 5. The van der Waals surface area contributed by atoms with Gasteiger partial charge in [-0.05, 0) is 39.4 Å². The summed E-state index contributed by atoms with van der Waals surface area (Å²) in [4.78, 5) is 26.5. The Morgan fingerprint density at radius 3 is 2.77 bits per heavy atom. The van der Waals surface area contributed by atoms with Crippen molar-refractivity contribution in [2.75, 3.05) is 33.2 Å². The van der Waals surface area contributed by atoms with E-state index in [-0.39, 0.29) is 17.0 Å². The average molecular weight is 361 g/mol. The van der Waals surface area contributed by atoms with Crippen LogP contribution in [0.4, 0.5) is 4.39 Å². The number of likely N-dealkylation sites (N-methyl/N-ethyl adjacent to an activating group) is 1. The normalized spacial score (nSPS) is 18.2. The molecule has 0 aromatic carbocycles. The molecule has 26 heavy (non-hydrogen) atoms. The zero-order valence-corrected chi connectivity index (χ0v) is 15.9. The van der Waals surface area contributed by atoms with Gasteiger partial charge in [0, 0.05) is 26.2 Å². The van der Waals surface area contributed by atoms with Crippen LogP contribution in [-0.4, -0.2) is 57.6 Å². The average Bonchev–Trinajstić information content (AvgIpc) is 2.85. The third kappa shape index (κ3) is 3.78. The van der Waals surface area contributed by atoms with Gasteiger partial charge in [-0.2, -0.15) is 0 Å². The molecule has 1 aliphatic heterocycles. The van der Waals surface area contributed by atoms with E-state index in [4.69, 9.17) is 4.98 Å². The van der Waals surface area contributed by atoms with Crippen molar-refractivity contribution >= 4 is 11.0 Å². The van der Waals surface area contributed by atoms with Crippen LogP contribution in [0.25, 0.3) is 11.0 Å². The molecule has 1 atom stereocenters. The molecule has 2 aromatic rings. The zero-order valence-electron chi connectivity index (χ0n) is 15.9. The van der Waals surface area contributed by atoms with Gasteiger partial charge in [-0.3, -0.25) is 14.3 Å². The number of hydrogen-bond donors (Lipinski definition) is 0. The summed E-state index contributed by atoms with van der Waals surface area (Å²) in [6.07, 6.45) is 4.17. The number of pyridine rings is 1. The highest BCUT2D eigenvalue weighted by Crippen LogP contribution is 2.26. The van der Waals surface area contributed by atoms with Crippen LogP contribution in [0.15, 0.2) is 17.1 Å². The lowest BCUT2D eigenvalue weighted by molar-refractivity contribution is 0.180. The van der Waals surface area contributed by atoms with Crippen LogP contribution < -0.4 is 5.56 Å². The van der Waals surface area contributed by atoms with E-state index in [0.717, 1.165) is 57.5 Å². The molecule has 1 aliphatic rings.